The molecule has 0 heterocycles. The summed E-state index contributed by atoms with van der Waals surface area (Å²) >= 11 is 0. The Balaban J connectivity index is 3.47. The van der Waals surface area contributed by atoms with E-state index in [1.54, 1.807) is 0 Å². The predicted octanol–water partition coefficient (Wildman–Crippen LogP) is 3.18. The predicted molar refractivity (Wildman–Crippen MR) is 48.6 cm³/mol. The molecule has 0 saturated heterocycles. The zero-order valence-electron chi connectivity index (χ0n) is 8.02. The third kappa shape index (κ3) is 5.00. The van der Waals surface area contributed by atoms with Crippen LogP contribution in [0.25, 0.3) is 0 Å². The highest BCUT2D eigenvalue weighted by Gasteiger charge is 2.09. The largest absolute Gasteiger partial charge is 0.299 e. The molecule has 0 aliphatic heterocycles. The first-order valence-corrected chi connectivity index (χ1v) is 4.75. The second kappa shape index (κ2) is 6.38. The Kier molecular flexibility index (Phi) is 6.19. The Labute approximate surface area is 70.2 Å². The van der Waals surface area contributed by atoms with E-state index in [1.165, 1.54) is 0 Å². The van der Waals surface area contributed by atoms with Crippen molar-refractivity contribution in [2.75, 3.05) is 0 Å². The molecule has 0 N–H and O–H groups in total. The van der Waals surface area contributed by atoms with Crippen LogP contribution >= 0.6 is 0 Å². The molecule has 0 amide bonds. The van der Waals surface area contributed by atoms with Crippen molar-refractivity contribution in [1.29, 1.82) is 0 Å². The molecule has 0 rings (SSSR count). The van der Waals surface area contributed by atoms with E-state index in [1.807, 2.05) is 6.92 Å². The maximum atomic E-state index is 11.3. The second-order valence-corrected chi connectivity index (χ2v) is 3.26. The number of rotatable bonds is 6. The van der Waals surface area contributed by atoms with Crippen molar-refractivity contribution in [2.45, 2.75) is 52.9 Å². The van der Waals surface area contributed by atoms with Gasteiger partial charge in [-0.25, -0.2) is 0 Å². The van der Waals surface area contributed by atoms with Crippen LogP contribution in [-0.2, 0) is 4.79 Å². The van der Waals surface area contributed by atoms with Gasteiger partial charge < -0.3 is 0 Å². The van der Waals surface area contributed by atoms with E-state index in [9.17, 15) is 4.79 Å². The molecule has 0 radical (unpaired) electrons. The smallest absolute Gasteiger partial charge is 0.135 e. The molecule has 0 fully saturated rings. The molecule has 0 unspecified atom stereocenters. The number of unbranched alkanes of at least 4 members (excludes halogenated alkanes) is 1. The van der Waals surface area contributed by atoms with Gasteiger partial charge in [-0.2, -0.15) is 0 Å². The van der Waals surface area contributed by atoms with Gasteiger partial charge >= 0.3 is 0 Å². The van der Waals surface area contributed by atoms with Gasteiger partial charge in [-0.1, -0.05) is 33.6 Å². The van der Waals surface area contributed by atoms with Crippen LogP contribution in [0.1, 0.15) is 52.9 Å². The minimum Gasteiger partial charge on any atom is -0.299 e. The average Bonchev–Trinajstić information content (AvgIpc) is 2.00. The van der Waals surface area contributed by atoms with Crippen LogP contribution in [0.2, 0.25) is 0 Å². The fourth-order valence-electron chi connectivity index (χ4n) is 1.19. The van der Waals surface area contributed by atoms with E-state index in [4.69, 9.17) is 0 Å². The van der Waals surface area contributed by atoms with E-state index < -0.39 is 0 Å². The maximum absolute atomic E-state index is 11.3. The zero-order valence-corrected chi connectivity index (χ0v) is 8.02. The van der Waals surface area contributed by atoms with Gasteiger partial charge in [-0.15, -0.1) is 0 Å². The third-order valence-corrected chi connectivity index (χ3v) is 2.05. The SMILES string of the molecule is CCCCC(=O)[C@H](C)CCC. The maximum Gasteiger partial charge on any atom is 0.135 e. The summed E-state index contributed by atoms with van der Waals surface area (Å²) in [5.41, 5.74) is 0. The van der Waals surface area contributed by atoms with Crippen molar-refractivity contribution >= 4 is 5.78 Å². The van der Waals surface area contributed by atoms with Crippen LogP contribution in [-0.4, -0.2) is 5.78 Å². The van der Waals surface area contributed by atoms with Gasteiger partial charge in [0.15, 0.2) is 0 Å². The topological polar surface area (TPSA) is 17.1 Å². The van der Waals surface area contributed by atoms with Crippen LogP contribution in [0.15, 0.2) is 0 Å². The summed E-state index contributed by atoms with van der Waals surface area (Å²) in [5.74, 6) is 0.750. The first-order chi connectivity index (χ1) is 5.22. The van der Waals surface area contributed by atoms with Crippen molar-refractivity contribution in [3.63, 3.8) is 0 Å². The van der Waals surface area contributed by atoms with Crippen molar-refractivity contribution in [1.82, 2.24) is 0 Å². The lowest BCUT2D eigenvalue weighted by molar-refractivity contribution is -0.122. The van der Waals surface area contributed by atoms with E-state index in [0.717, 1.165) is 32.1 Å². The molecule has 66 valence electrons. The van der Waals surface area contributed by atoms with Crippen LogP contribution < -0.4 is 0 Å². The number of ketones is 1. The summed E-state index contributed by atoms with van der Waals surface area (Å²) in [6.07, 6.45) is 5.16. The lowest BCUT2D eigenvalue weighted by atomic mass is 9.97. The second-order valence-electron chi connectivity index (χ2n) is 3.26. The van der Waals surface area contributed by atoms with Gasteiger partial charge in [-0.3, -0.25) is 4.79 Å². The number of Topliss-reactive ketones (excluding diaryl/α,β-unsaturated/α-hetero) is 1. The molecule has 11 heavy (non-hydrogen) atoms. The first kappa shape index (κ1) is 10.7. The minimum atomic E-state index is 0.298. The molecule has 0 spiro atoms. The van der Waals surface area contributed by atoms with Crippen molar-refractivity contribution < 1.29 is 4.79 Å². The summed E-state index contributed by atoms with van der Waals surface area (Å²) in [5, 5.41) is 0. The number of carbonyl (C=O) groups excluding carboxylic acids is 1. The van der Waals surface area contributed by atoms with Crippen LogP contribution in [0, 0.1) is 5.92 Å². The molecule has 0 aromatic rings. The summed E-state index contributed by atoms with van der Waals surface area (Å²) in [4.78, 5) is 11.3. The van der Waals surface area contributed by atoms with Gasteiger partial charge in [0, 0.05) is 12.3 Å². The molecular weight excluding hydrogens is 136 g/mol. The highest BCUT2D eigenvalue weighted by atomic mass is 16.1. The highest BCUT2D eigenvalue weighted by Crippen LogP contribution is 2.10. The monoisotopic (exact) mass is 156 g/mol. The van der Waals surface area contributed by atoms with Crippen LogP contribution in [0.3, 0.4) is 0 Å². The molecular formula is C10H20O. The summed E-state index contributed by atoms with van der Waals surface area (Å²) < 4.78 is 0. The average molecular weight is 156 g/mol. The molecule has 1 nitrogen and oxygen atoms in total. The highest BCUT2D eigenvalue weighted by molar-refractivity contribution is 5.80. The molecule has 1 heteroatoms. The van der Waals surface area contributed by atoms with Gasteiger partial charge in [0.2, 0.25) is 0 Å². The summed E-state index contributed by atoms with van der Waals surface area (Å²) in [6, 6.07) is 0. The number of hydrogen-bond acceptors (Lipinski definition) is 1. The Morgan fingerprint density at radius 1 is 1.27 bits per heavy atom. The normalized spacial score (nSPS) is 13.0. The lowest BCUT2D eigenvalue weighted by Gasteiger charge is -2.07. The lowest BCUT2D eigenvalue weighted by Crippen LogP contribution is -2.09. The molecule has 0 aromatic heterocycles. The Hall–Kier alpha value is -0.330. The Morgan fingerprint density at radius 2 is 1.91 bits per heavy atom. The van der Waals surface area contributed by atoms with E-state index in [0.29, 0.717) is 11.7 Å². The Morgan fingerprint density at radius 3 is 2.36 bits per heavy atom. The van der Waals surface area contributed by atoms with E-state index >= 15 is 0 Å². The fourth-order valence-corrected chi connectivity index (χ4v) is 1.19. The summed E-state index contributed by atoms with van der Waals surface area (Å²) in [7, 11) is 0. The molecule has 0 aliphatic carbocycles. The molecule has 1 atom stereocenters. The zero-order chi connectivity index (χ0) is 8.69. The Bertz CT molecular complexity index is 107. The molecule has 0 bridgehead atoms. The van der Waals surface area contributed by atoms with Gasteiger partial charge in [0.1, 0.15) is 5.78 Å². The van der Waals surface area contributed by atoms with Crippen molar-refractivity contribution in [3.05, 3.63) is 0 Å². The first-order valence-electron chi connectivity index (χ1n) is 4.75. The van der Waals surface area contributed by atoms with Crippen LogP contribution in [0.5, 0.6) is 0 Å². The number of hydrogen-bond donors (Lipinski definition) is 0. The molecule has 0 aromatic carbocycles. The minimum absolute atomic E-state index is 0.298. The van der Waals surface area contributed by atoms with E-state index in [-0.39, 0.29) is 0 Å². The van der Waals surface area contributed by atoms with Gasteiger partial charge in [-0.05, 0) is 12.8 Å². The molecule has 0 aliphatic rings. The van der Waals surface area contributed by atoms with Crippen molar-refractivity contribution in [3.8, 4) is 0 Å². The van der Waals surface area contributed by atoms with Crippen LogP contribution in [0.4, 0.5) is 0 Å². The van der Waals surface area contributed by atoms with Gasteiger partial charge in [0.05, 0.1) is 0 Å². The summed E-state index contributed by atoms with van der Waals surface area (Å²) in [6.45, 7) is 6.29. The quantitative estimate of drug-likeness (QED) is 0.577. The third-order valence-electron chi connectivity index (χ3n) is 2.05. The molecule has 0 saturated carbocycles. The van der Waals surface area contributed by atoms with Gasteiger partial charge in [0.25, 0.3) is 0 Å². The van der Waals surface area contributed by atoms with Crippen molar-refractivity contribution in [2.24, 2.45) is 5.92 Å². The van der Waals surface area contributed by atoms with E-state index in [2.05, 4.69) is 13.8 Å². The standard InChI is InChI=1S/C10H20O/c1-4-6-8-10(11)9(3)7-5-2/h9H,4-8H2,1-3H3/t9-/m1/s1. The fraction of sp³-hybridized carbons (Fsp3) is 0.900. The number of carbonyl (C=O) groups is 1.